The fourth-order valence-corrected chi connectivity index (χ4v) is 4.71. The Balaban J connectivity index is 1.48. The number of hydrogen-bond donors (Lipinski definition) is 2. The van der Waals surface area contributed by atoms with E-state index in [9.17, 15) is 9.18 Å². The molecule has 0 spiro atoms. The van der Waals surface area contributed by atoms with Crippen LogP contribution in [0.1, 0.15) is 22.0 Å². The smallest absolute Gasteiger partial charge is 0.230 e. The second-order valence-corrected chi connectivity index (χ2v) is 9.46. The predicted molar refractivity (Wildman–Crippen MR) is 125 cm³/mol. The molecule has 164 valence electrons. The molecule has 1 amide bonds. The van der Waals surface area contributed by atoms with Crippen molar-refractivity contribution in [3.05, 3.63) is 70.2 Å². The number of hydrogen-bond acceptors (Lipinski definition) is 8. The van der Waals surface area contributed by atoms with Crippen LogP contribution in [0.5, 0.6) is 0 Å². The first kappa shape index (κ1) is 22.1. The second kappa shape index (κ2) is 10.0. The maximum absolute atomic E-state index is 14.0. The van der Waals surface area contributed by atoms with Crippen molar-refractivity contribution in [3.63, 3.8) is 0 Å². The van der Waals surface area contributed by atoms with E-state index in [0.717, 1.165) is 25.8 Å². The normalized spacial score (nSPS) is 11.0. The van der Waals surface area contributed by atoms with E-state index < -0.39 is 0 Å². The van der Waals surface area contributed by atoms with Gasteiger partial charge in [-0.05, 0) is 31.5 Å². The molecule has 2 heterocycles. The Morgan fingerprint density at radius 1 is 1.06 bits per heavy atom. The number of aromatic nitrogens is 4. The van der Waals surface area contributed by atoms with Crippen molar-refractivity contribution in [1.29, 1.82) is 0 Å². The van der Waals surface area contributed by atoms with Crippen LogP contribution in [0.3, 0.4) is 0 Å². The number of nitrogens with zero attached hydrogens (tertiary/aromatic N) is 4. The third-order valence-corrected chi connectivity index (χ3v) is 6.63. The van der Waals surface area contributed by atoms with Crippen LogP contribution in [-0.2, 0) is 17.9 Å². The molecule has 0 aliphatic carbocycles. The summed E-state index contributed by atoms with van der Waals surface area (Å²) in [7, 11) is 0. The predicted octanol–water partition coefficient (Wildman–Crippen LogP) is 4.26. The van der Waals surface area contributed by atoms with Gasteiger partial charge in [0.2, 0.25) is 5.91 Å². The van der Waals surface area contributed by atoms with Crippen LogP contribution in [0, 0.1) is 19.7 Å². The van der Waals surface area contributed by atoms with Gasteiger partial charge in [-0.2, -0.15) is 0 Å². The highest BCUT2D eigenvalue weighted by molar-refractivity contribution is 8.01. The van der Waals surface area contributed by atoms with Gasteiger partial charge in [0, 0.05) is 17.5 Å². The minimum absolute atomic E-state index is 0.141. The number of carbonyl (C=O) groups is 1. The molecule has 0 radical (unpaired) electrons. The highest BCUT2D eigenvalue weighted by Crippen LogP contribution is 2.24. The molecule has 0 aliphatic rings. The molecule has 10 heteroatoms. The molecular formula is C22H21FN6OS2. The average molecular weight is 469 g/mol. The molecular weight excluding hydrogens is 447 g/mol. The molecule has 0 saturated heterocycles. The Hall–Kier alpha value is -3.11. The highest BCUT2D eigenvalue weighted by atomic mass is 32.2. The molecule has 4 rings (SSSR count). The number of aryl methyl sites for hydroxylation is 2. The molecule has 0 unspecified atom stereocenters. The van der Waals surface area contributed by atoms with Gasteiger partial charge >= 0.3 is 0 Å². The third-order valence-electron chi connectivity index (χ3n) is 4.66. The lowest BCUT2D eigenvalue weighted by molar-refractivity contribution is -0.118. The number of benzene rings is 2. The molecule has 0 bridgehead atoms. The monoisotopic (exact) mass is 468 g/mol. The molecule has 7 nitrogen and oxygen atoms in total. The quantitative estimate of drug-likeness (QED) is 0.373. The van der Waals surface area contributed by atoms with Gasteiger partial charge in [0.15, 0.2) is 10.2 Å². The fraction of sp³-hybridized carbons (Fsp3) is 0.227. The zero-order valence-electron chi connectivity index (χ0n) is 17.6. The number of anilines is 1. The minimum atomic E-state index is -0.273. The van der Waals surface area contributed by atoms with Crippen molar-refractivity contribution in [3.8, 4) is 0 Å². The number of fused-ring (bicyclic) bond motifs is 1. The molecule has 32 heavy (non-hydrogen) atoms. The molecule has 0 atom stereocenters. The number of nitrogens with one attached hydrogen (secondary N) is 2. The first-order valence-electron chi connectivity index (χ1n) is 9.92. The first-order chi connectivity index (χ1) is 15.5. The maximum atomic E-state index is 14.0. The van der Waals surface area contributed by atoms with Crippen molar-refractivity contribution in [2.24, 2.45) is 0 Å². The van der Waals surface area contributed by atoms with Crippen molar-refractivity contribution in [1.82, 2.24) is 25.5 Å². The van der Waals surface area contributed by atoms with E-state index in [1.807, 2.05) is 32.0 Å². The summed E-state index contributed by atoms with van der Waals surface area (Å²) in [5.41, 5.74) is 2.33. The Labute approximate surface area is 192 Å². The van der Waals surface area contributed by atoms with Gasteiger partial charge in [-0.15, -0.1) is 10.2 Å². The van der Waals surface area contributed by atoms with Crippen LogP contribution in [0.15, 0.2) is 46.8 Å². The molecule has 0 aliphatic heterocycles. The van der Waals surface area contributed by atoms with Gasteiger partial charge in [0.05, 0.1) is 17.8 Å². The summed E-state index contributed by atoms with van der Waals surface area (Å²) in [6.07, 6.45) is 0. The lowest BCUT2D eigenvalue weighted by atomic mass is 10.1. The van der Waals surface area contributed by atoms with Crippen LogP contribution in [0.2, 0.25) is 0 Å². The average Bonchev–Trinajstić information content (AvgIpc) is 3.21. The molecule has 0 fully saturated rings. The van der Waals surface area contributed by atoms with E-state index in [-0.39, 0.29) is 30.6 Å². The highest BCUT2D eigenvalue weighted by Gasteiger charge is 2.12. The number of amides is 1. The summed E-state index contributed by atoms with van der Waals surface area (Å²) in [5, 5.41) is 15.7. The van der Waals surface area contributed by atoms with Gasteiger partial charge in [-0.3, -0.25) is 4.79 Å². The summed E-state index contributed by atoms with van der Waals surface area (Å²) in [4.78, 5) is 21.5. The third kappa shape index (κ3) is 5.38. The summed E-state index contributed by atoms with van der Waals surface area (Å²) in [5.74, 6) is 0.903. The Morgan fingerprint density at radius 3 is 2.69 bits per heavy atom. The van der Waals surface area contributed by atoms with E-state index in [2.05, 4.69) is 30.8 Å². The van der Waals surface area contributed by atoms with Crippen LogP contribution in [-0.4, -0.2) is 31.8 Å². The zero-order chi connectivity index (χ0) is 22.5. The standard InChI is InChI=1S/C22H21FN6OS2/c1-13-6-5-8-16-20(13)26-18(11-24-19(30)12-31-22-29-28-14(2)32-22)27-21(16)25-10-15-7-3-4-9-17(15)23/h3-9H,10-12H2,1-2H3,(H,24,30)(H,25,26,27). The summed E-state index contributed by atoms with van der Waals surface area (Å²) in [6.45, 7) is 4.32. The van der Waals surface area contributed by atoms with E-state index >= 15 is 0 Å². The number of thioether (sulfide) groups is 1. The van der Waals surface area contributed by atoms with Crippen LogP contribution in [0.4, 0.5) is 10.2 Å². The van der Waals surface area contributed by atoms with Crippen LogP contribution in [0.25, 0.3) is 10.9 Å². The van der Waals surface area contributed by atoms with Gasteiger partial charge in [-0.25, -0.2) is 14.4 Å². The molecule has 2 aromatic heterocycles. The first-order valence-corrected chi connectivity index (χ1v) is 11.7. The minimum Gasteiger partial charge on any atom is -0.365 e. The number of carbonyl (C=O) groups excluding carboxylic acids is 1. The van der Waals surface area contributed by atoms with E-state index in [0.29, 0.717) is 17.2 Å². The fourth-order valence-electron chi connectivity index (χ4n) is 3.07. The summed E-state index contributed by atoms with van der Waals surface area (Å²) in [6, 6.07) is 12.5. The van der Waals surface area contributed by atoms with Crippen molar-refractivity contribution in [2.75, 3.05) is 11.1 Å². The van der Waals surface area contributed by atoms with Gasteiger partial charge in [0.25, 0.3) is 0 Å². The lowest BCUT2D eigenvalue weighted by Crippen LogP contribution is -2.25. The number of para-hydroxylation sites is 1. The van der Waals surface area contributed by atoms with Gasteiger partial charge < -0.3 is 10.6 Å². The maximum Gasteiger partial charge on any atom is 0.230 e. The second-order valence-electron chi connectivity index (χ2n) is 7.06. The molecule has 4 aromatic rings. The van der Waals surface area contributed by atoms with Crippen molar-refractivity contribution < 1.29 is 9.18 Å². The summed E-state index contributed by atoms with van der Waals surface area (Å²) >= 11 is 2.80. The Morgan fingerprint density at radius 2 is 1.91 bits per heavy atom. The SMILES string of the molecule is Cc1nnc(SCC(=O)NCc2nc(NCc3ccccc3F)c3cccc(C)c3n2)s1. The van der Waals surface area contributed by atoms with Crippen molar-refractivity contribution in [2.45, 2.75) is 31.3 Å². The Bertz CT molecular complexity index is 1260. The molecule has 2 aromatic carbocycles. The van der Waals surface area contributed by atoms with Gasteiger partial charge in [0.1, 0.15) is 16.6 Å². The molecule has 0 saturated carbocycles. The molecule has 2 N–H and O–H groups in total. The zero-order valence-corrected chi connectivity index (χ0v) is 19.2. The van der Waals surface area contributed by atoms with Crippen LogP contribution >= 0.6 is 23.1 Å². The van der Waals surface area contributed by atoms with E-state index in [1.54, 1.807) is 18.2 Å². The number of halogens is 1. The number of rotatable bonds is 8. The lowest BCUT2D eigenvalue weighted by Gasteiger charge is -2.13. The summed E-state index contributed by atoms with van der Waals surface area (Å²) < 4.78 is 14.8. The van der Waals surface area contributed by atoms with Crippen LogP contribution < -0.4 is 10.6 Å². The largest absolute Gasteiger partial charge is 0.365 e. The Kier molecular flexibility index (Phi) is 6.91. The van der Waals surface area contributed by atoms with Gasteiger partial charge in [-0.1, -0.05) is 53.4 Å². The van der Waals surface area contributed by atoms with E-state index in [4.69, 9.17) is 0 Å². The van der Waals surface area contributed by atoms with E-state index in [1.165, 1.54) is 29.2 Å². The van der Waals surface area contributed by atoms with Crippen molar-refractivity contribution >= 4 is 45.7 Å². The topological polar surface area (TPSA) is 92.7 Å².